The fraction of sp³-hybridized carbons (Fsp3) is 0.467. The molecule has 0 bridgehead atoms. The van der Waals surface area contributed by atoms with Gasteiger partial charge < -0.3 is 20.3 Å². The van der Waals surface area contributed by atoms with Gasteiger partial charge in [0, 0.05) is 43.9 Å². The highest BCUT2D eigenvalue weighted by atomic mass is 16.5. The predicted molar refractivity (Wildman–Crippen MR) is 147 cm³/mol. The molecule has 2 aromatic carbocycles. The number of allylic oxidation sites excluding steroid dienone is 1. The molecule has 1 aliphatic carbocycles. The number of hydrogen-bond acceptors (Lipinski definition) is 6. The Morgan fingerprint density at radius 1 is 1.08 bits per heavy atom. The summed E-state index contributed by atoms with van der Waals surface area (Å²) in [5.74, 6) is 0.0997. The molecule has 196 valence electrons. The van der Waals surface area contributed by atoms with Crippen LogP contribution < -0.4 is 15.5 Å². The van der Waals surface area contributed by atoms with E-state index in [0.29, 0.717) is 13.0 Å². The van der Waals surface area contributed by atoms with Crippen LogP contribution in [0.15, 0.2) is 59.8 Å². The molecule has 2 N–H and O–H groups in total. The van der Waals surface area contributed by atoms with Crippen molar-refractivity contribution in [2.24, 2.45) is 5.41 Å². The van der Waals surface area contributed by atoms with Crippen molar-refractivity contribution >= 4 is 23.1 Å². The van der Waals surface area contributed by atoms with Gasteiger partial charge in [0.25, 0.3) is 0 Å². The summed E-state index contributed by atoms with van der Waals surface area (Å²) in [5, 5.41) is 6.74. The van der Waals surface area contributed by atoms with E-state index in [9.17, 15) is 9.59 Å². The van der Waals surface area contributed by atoms with Gasteiger partial charge >= 0.3 is 0 Å². The average Bonchev–Trinajstić information content (AvgIpc) is 2.99. The Kier molecular flexibility index (Phi) is 7.36. The molecule has 0 saturated carbocycles. The van der Waals surface area contributed by atoms with E-state index < -0.39 is 0 Å². The largest absolute Gasteiger partial charge is 0.379 e. The smallest absolute Gasteiger partial charge is 0.239 e. The van der Waals surface area contributed by atoms with Crippen molar-refractivity contribution < 1.29 is 14.3 Å². The summed E-state index contributed by atoms with van der Waals surface area (Å²) in [6.07, 6.45) is 1.27. The minimum atomic E-state index is -0.347. The molecule has 2 aliphatic heterocycles. The quantitative estimate of drug-likeness (QED) is 0.621. The number of Topliss-reactive ketones (excluding diaryl/α,β-unsaturated/α-hetero) is 1. The van der Waals surface area contributed by atoms with Crippen LogP contribution in [0.5, 0.6) is 0 Å². The number of hydrogen-bond donors (Lipinski definition) is 2. The van der Waals surface area contributed by atoms with Crippen LogP contribution in [0.3, 0.4) is 0 Å². The predicted octanol–water partition coefficient (Wildman–Crippen LogP) is 4.06. The van der Waals surface area contributed by atoms with Crippen LogP contribution >= 0.6 is 0 Å². The first-order valence-electron chi connectivity index (χ1n) is 13.3. The fourth-order valence-corrected chi connectivity index (χ4v) is 5.71. The van der Waals surface area contributed by atoms with Gasteiger partial charge in [-0.3, -0.25) is 14.5 Å². The first-order chi connectivity index (χ1) is 17.8. The Hall–Kier alpha value is -3.16. The molecule has 0 spiro atoms. The van der Waals surface area contributed by atoms with Crippen molar-refractivity contribution in [2.45, 2.75) is 39.7 Å². The average molecular weight is 503 g/mol. The second-order valence-corrected chi connectivity index (χ2v) is 11.2. The van der Waals surface area contributed by atoms with Gasteiger partial charge in [-0.2, -0.15) is 0 Å². The maximum absolute atomic E-state index is 13.7. The number of anilines is 2. The van der Waals surface area contributed by atoms with Crippen LogP contribution in [0.4, 0.5) is 11.4 Å². The molecule has 5 rings (SSSR count). The number of benzene rings is 2. The van der Waals surface area contributed by atoms with Crippen LogP contribution in [0, 0.1) is 12.3 Å². The molecule has 2 heterocycles. The molecule has 7 heteroatoms. The highest BCUT2D eigenvalue weighted by molar-refractivity contribution is 6.01. The number of ether oxygens (including phenoxy) is 1. The molecule has 1 fully saturated rings. The fourth-order valence-electron chi connectivity index (χ4n) is 5.71. The molecular weight excluding hydrogens is 464 g/mol. The van der Waals surface area contributed by atoms with Crippen LogP contribution in [0.25, 0.3) is 0 Å². The minimum Gasteiger partial charge on any atom is -0.379 e. The summed E-state index contributed by atoms with van der Waals surface area (Å²) in [6.45, 7) is 11.2. The number of morpholine rings is 1. The van der Waals surface area contributed by atoms with E-state index in [2.05, 4.69) is 65.5 Å². The van der Waals surface area contributed by atoms with E-state index in [1.807, 2.05) is 24.3 Å². The topological polar surface area (TPSA) is 73.9 Å². The van der Waals surface area contributed by atoms with Gasteiger partial charge in [-0.25, -0.2) is 0 Å². The van der Waals surface area contributed by atoms with Crippen molar-refractivity contribution in [3.8, 4) is 0 Å². The lowest BCUT2D eigenvalue weighted by atomic mass is 9.73. The van der Waals surface area contributed by atoms with Crippen molar-refractivity contribution in [2.75, 3.05) is 56.2 Å². The monoisotopic (exact) mass is 502 g/mol. The Morgan fingerprint density at radius 3 is 2.57 bits per heavy atom. The molecule has 1 unspecified atom stereocenters. The molecular formula is C30H38N4O3. The Labute approximate surface area is 219 Å². The van der Waals surface area contributed by atoms with E-state index in [0.717, 1.165) is 73.0 Å². The van der Waals surface area contributed by atoms with E-state index in [4.69, 9.17) is 4.74 Å². The molecule has 1 amide bonds. The van der Waals surface area contributed by atoms with Gasteiger partial charge in [0.05, 0.1) is 37.2 Å². The molecule has 1 saturated heterocycles. The number of carbonyl (C=O) groups is 2. The lowest BCUT2D eigenvalue weighted by molar-refractivity contribution is -0.120. The highest BCUT2D eigenvalue weighted by Crippen LogP contribution is 2.48. The normalized spacial score (nSPS) is 21.5. The lowest BCUT2D eigenvalue weighted by Gasteiger charge is -2.38. The number of rotatable bonds is 6. The number of aryl methyl sites for hydroxylation is 1. The number of nitrogens with zero attached hydrogens (tertiary/aromatic N) is 2. The van der Waals surface area contributed by atoms with E-state index in [-0.39, 0.29) is 29.7 Å². The third-order valence-corrected chi connectivity index (χ3v) is 7.57. The van der Waals surface area contributed by atoms with Crippen LogP contribution in [0.1, 0.15) is 43.9 Å². The minimum absolute atomic E-state index is 0.0483. The summed E-state index contributed by atoms with van der Waals surface area (Å²) in [5.41, 5.74) is 5.66. The number of ketones is 1. The molecule has 2 aromatic rings. The number of para-hydroxylation sites is 2. The van der Waals surface area contributed by atoms with Gasteiger partial charge in [0.2, 0.25) is 5.91 Å². The summed E-state index contributed by atoms with van der Waals surface area (Å²) >= 11 is 0. The standard InChI is InChI=1S/C30H38N4O3/c1-21-8-10-22(11-9-21)29-28-24(18-30(2,3)19-26(28)35)32-23-6-4-5-7-25(23)34(29)20-27(36)31-12-13-33-14-16-37-17-15-33/h4-11,29,32H,12-20H2,1-3H3,(H,31,36). The number of fused-ring (bicyclic) bond motifs is 1. The zero-order valence-electron chi connectivity index (χ0n) is 22.2. The molecule has 1 atom stereocenters. The Balaban J connectivity index is 1.49. The molecule has 0 aromatic heterocycles. The molecule has 7 nitrogen and oxygen atoms in total. The van der Waals surface area contributed by atoms with Gasteiger partial charge in [0.1, 0.15) is 0 Å². The van der Waals surface area contributed by atoms with Crippen LogP contribution in [0.2, 0.25) is 0 Å². The molecule has 3 aliphatic rings. The first-order valence-corrected chi connectivity index (χ1v) is 13.3. The number of carbonyl (C=O) groups excluding carboxylic acids is 2. The van der Waals surface area contributed by atoms with Crippen molar-refractivity contribution in [1.29, 1.82) is 0 Å². The van der Waals surface area contributed by atoms with Gasteiger partial charge in [-0.1, -0.05) is 55.8 Å². The second-order valence-electron chi connectivity index (χ2n) is 11.2. The van der Waals surface area contributed by atoms with Crippen LogP contribution in [-0.4, -0.2) is 62.5 Å². The van der Waals surface area contributed by atoms with Gasteiger partial charge in [-0.05, 0) is 36.5 Å². The Morgan fingerprint density at radius 2 is 1.81 bits per heavy atom. The highest BCUT2D eigenvalue weighted by Gasteiger charge is 2.41. The maximum atomic E-state index is 13.7. The molecule has 0 radical (unpaired) electrons. The first kappa shape index (κ1) is 25.5. The van der Waals surface area contributed by atoms with E-state index in [1.54, 1.807) is 0 Å². The number of nitrogens with one attached hydrogen (secondary N) is 2. The van der Waals surface area contributed by atoms with E-state index in [1.165, 1.54) is 0 Å². The number of amides is 1. The van der Waals surface area contributed by atoms with Gasteiger partial charge in [0.15, 0.2) is 5.78 Å². The van der Waals surface area contributed by atoms with E-state index >= 15 is 0 Å². The SMILES string of the molecule is Cc1ccc(C2C3=C(CC(C)(C)CC3=O)Nc3ccccc3N2CC(=O)NCCN2CCOCC2)cc1. The summed E-state index contributed by atoms with van der Waals surface area (Å²) in [6, 6.07) is 16.1. The van der Waals surface area contributed by atoms with Crippen molar-refractivity contribution in [3.05, 3.63) is 70.9 Å². The third-order valence-electron chi connectivity index (χ3n) is 7.57. The molecule has 37 heavy (non-hydrogen) atoms. The second kappa shape index (κ2) is 10.7. The lowest BCUT2D eigenvalue weighted by Crippen LogP contribution is -2.45. The summed E-state index contributed by atoms with van der Waals surface area (Å²) in [7, 11) is 0. The Bertz CT molecular complexity index is 1180. The summed E-state index contributed by atoms with van der Waals surface area (Å²) < 4.78 is 5.43. The maximum Gasteiger partial charge on any atom is 0.239 e. The van der Waals surface area contributed by atoms with Crippen LogP contribution in [-0.2, 0) is 14.3 Å². The van der Waals surface area contributed by atoms with Crippen molar-refractivity contribution in [1.82, 2.24) is 10.2 Å². The third kappa shape index (κ3) is 5.73. The summed E-state index contributed by atoms with van der Waals surface area (Å²) in [4.78, 5) is 31.5. The van der Waals surface area contributed by atoms with Crippen molar-refractivity contribution in [3.63, 3.8) is 0 Å². The zero-order chi connectivity index (χ0) is 26.0. The zero-order valence-corrected chi connectivity index (χ0v) is 22.2. The van der Waals surface area contributed by atoms with Gasteiger partial charge in [-0.15, -0.1) is 0 Å².